The van der Waals surface area contributed by atoms with Crippen LogP contribution in [-0.4, -0.2) is 53.7 Å². The van der Waals surface area contributed by atoms with Crippen LogP contribution in [0.3, 0.4) is 0 Å². The van der Waals surface area contributed by atoms with Gasteiger partial charge < -0.3 is 28.3 Å². The Kier molecular flexibility index (Phi) is 13.5. The monoisotopic (exact) mass is 625 g/mol. The van der Waals surface area contributed by atoms with Gasteiger partial charge >= 0.3 is 0 Å². The molecule has 0 bridgehead atoms. The highest BCUT2D eigenvalue weighted by molar-refractivity contribution is 7.99. The summed E-state index contributed by atoms with van der Waals surface area (Å²) in [6.07, 6.45) is 1.97. The van der Waals surface area contributed by atoms with Crippen LogP contribution < -0.4 is 28.3 Å². The van der Waals surface area contributed by atoms with Crippen molar-refractivity contribution in [2.75, 3.05) is 48.4 Å². The van der Waals surface area contributed by atoms with E-state index in [9.17, 15) is 9.59 Å². The highest BCUT2D eigenvalue weighted by Crippen LogP contribution is 2.37. The number of rotatable bonds is 11. The Balaban J connectivity index is 0.000000329. The quantitative estimate of drug-likeness (QED) is 0.0808. The molecule has 1 heterocycles. The van der Waals surface area contributed by atoms with Gasteiger partial charge in [-0.05, 0) is 51.8 Å². The number of benzene rings is 2. The van der Waals surface area contributed by atoms with Crippen LogP contribution in [0.25, 0.3) is 0 Å². The van der Waals surface area contributed by atoms with E-state index < -0.39 is 0 Å². The molecule has 11 heteroatoms. The maximum absolute atomic E-state index is 12.7. The zero-order chi connectivity index (χ0) is 32.4. The number of aldehydes is 1. The van der Waals surface area contributed by atoms with Crippen molar-refractivity contribution in [2.24, 2.45) is 11.5 Å². The van der Waals surface area contributed by atoms with Crippen molar-refractivity contribution in [2.45, 2.75) is 68.6 Å². The SMILES string of the molecule is CC(C)(C)c1cc(N)c(SCCN)c(CC(=O)c2cc(C=O)ncn2)c1.CNc1cc(C(C)(C)C)cc(N)c1SCCN. The van der Waals surface area contributed by atoms with Gasteiger partial charge in [0, 0.05) is 60.0 Å². The van der Waals surface area contributed by atoms with E-state index in [-0.39, 0.29) is 34.4 Å². The topological polar surface area (TPSA) is 176 Å². The number of nitrogens with zero attached hydrogens (tertiary/aromatic N) is 2. The Hall–Kier alpha value is -3.12. The van der Waals surface area contributed by atoms with Crippen LogP contribution in [-0.2, 0) is 17.3 Å². The van der Waals surface area contributed by atoms with Gasteiger partial charge in [-0.2, -0.15) is 0 Å². The molecule has 0 aliphatic carbocycles. The summed E-state index contributed by atoms with van der Waals surface area (Å²) in [6.45, 7) is 14.0. The first kappa shape index (κ1) is 36.1. The van der Waals surface area contributed by atoms with Crippen LogP contribution in [0.15, 0.2) is 46.5 Å². The number of nitrogens with one attached hydrogen (secondary N) is 1. The first-order chi connectivity index (χ1) is 20.2. The molecular weight excluding hydrogens is 579 g/mol. The zero-order valence-corrected chi connectivity index (χ0v) is 28.0. The van der Waals surface area contributed by atoms with Crippen molar-refractivity contribution in [3.63, 3.8) is 0 Å². The average molecular weight is 626 g/mol. The fourth-order valence-electron chi connectivity index (χ4n) is 4.06. The molecule has 0 saturated carbocycles. The summed E-state index contributed by atoms with van der Waals surface area (Å²) in [5, 5.41) is 3.22. The van der Waals surface area contributed by atoms with Gasteiger partial charge in [0.05, 0.1) is 4.90 Å². The second-order valence-corrected chi connectivity index (χ2v) is 14.3. The molecule has 0 fully saturated rings. The predicted octanol–water partition coefficient (Wildman–Crippen LogP) is 5.30. The molecular formula is C32H47N7O2S2. The Bertz CT molecular complexity index is 1400. The summed E-state index contributed by atoms with van der Waals surface area (Å²) in [5.74, 6) is 1.41. The zero-order valence-electron chi connectivity index (χ0n) is 26.4. The number of thioether (sulfide) groups is 2. The summed E-state index contributed by atoms with van der Waals surface area (Å²) in [6, 6.07) is 9.63. The first-order valence-electron chi connectivity index (χ1n) is 14.2. The van der Waals surface area contributed by atoms with Crippen LogP contribution in [0.1, 0.15) is 79.2 Å². The highest BCUT2D eigenvalue weighted by atomic mass is 32.2. The van der Waals surface area contributed by atoms with Crippen molar-refractivity contribution in [1.29, 1.82) is 0 Å². The van der Waals surface area contributed by atoms with Crippen molar-refractivity contribution in [3.05, 3.63) is 64.7 Å². The molecule has 3 aromatic rings. The van der Waals surface area contributed by atoms with Gasteiger partial charge in [-0.1, -0.05) is 47.6 Å². The van der Waals surface area contributed by atoms with Crippen molar-refractivity contribution < 1.29 is 9.59 Å². The standard InChI is InChI=1S/C19H24N4O2S.C13H23N3S/c1-19(2,3)13-6-12(18(15(21)8-13)26-5-4-20)7-17(25)16-9-14(10-24)22-11-23-16;1-13(2,3)9-7-10(15)12(17-6-5-14)11(8-9)16-4/h6,8-11H,4-5,7,20-21H2,1-3H3;7-8,16H,5-6,14-15H2,1-4H3. The third-order valence-corrected chi connectivity index (χ3v) is 8.90. The minimum absolute atomic E-state index is 0.0947. The Morgan fingerprint density at radius 1 is 0.837 bits per heavy atom. The molecule has 9 N–H and O–H groups in total. The van der Waals surface area contributed by atoms with E-state index >= 15 is 0 Å². The van der Waals surface area contributed by atoms with Crippen molar-refractivity contribution in [1.82, 2.24) is 9.97 Å². The van der Waals surface area contributed by atoms with E-state index in [0.717, 1.165) is 38.0 Å². The molecule has 0 amide bonds. The molecule has 3 rings (SSSR count). The summed E-state index contributed by atoms with van der Waals surface area (Å²) in [4.78, 5) is 33.3. The van der Waals surface area contributed by atoms with Gasteiger partial charge in [0.2, 0.25) is 0 Å². The van der Waals surface area contributed by atoms with Gasteiger partial charge in [0.15, 0.2) is 12.1 Å². The number of anilines is 3. The molecule has 2 aromatic carbocycles. The number of hydrogen-bond donors (Lipinski definition) is 5. The van der Waals surface area contributed by atoms with Crippen molar-refractivity contribution >= 4 is 52.7 Å². The molecule has 43 heavy (non-hydrogen) atoms. The number of ketones is 1. The maximum atomic E-state index is 12.7. The Labute approximate surface area is 264 Å². The van der Waals surface area contributed by atoms with E-state index in [4.69, 9.17) is 22.9 Å². The van der Waals surface area contributed by atoms with Crippen LogP contribution in [0.4, 0.5) is 17.1 Å². The highest BCUT2D eigenvalue weighted by Gasteiger charge is 2.21. The molecule has 0 spiro atoms. The van der Waals surface area contributed by atoms with Crippen LogP contribution in [0.5, 0.6) is 0 Å². The van der Waals surface area contributed by atoms with Crippen LogP contribution >= 0.6 is 23.5 Å². The summed E-state index contributed by atoms with van der Waals surface area (Å²) < 4.78 is 0. The number of nitrogen functional groups attached to an aromatic ring is 2. The smallest absolute Gasteiger partial charge is 0.185 e. The second kappa shape index (κ2) is 16.1. The first-order valence-corrected chi connectivity index (χ1v) is 16.1. The maximum Gasteiger partial charge on any atom is 0.185 e. The number of aromatic nitrogens is 2. The van der Waals surface area contributed by atoms with Crippen LogP contribution in [0, 0.1) is 0 Å². The molecule has 0 radical (unpaired) electrons. The molecule has 0 atom stereocenters. The van der Waals surface area contributed by atoms with Crippen LogP contribution in [0.2, 0.25) is 0 Å². The largest absolute Gasteiger partial charge is 0.398 e. The third kappa shape index (κ3) is 10.5. The molecule has 0 aliphatic heterocycles. The Morgan fingerprint density at radius 2 is 1.37 bits per heavy atom. The van der Waals surface area contributed by atoms with Gasteiger partial charge in [-0.3, -0.25) is 9.59 Å². The summed E-state index contributed by atoms with van der Waals surface area (Å²) >= 11 is 3.25. The fourth-order valence-corrected chi connectivity index (χ4v) is 5.79. The number of carbonyl (C=O) groups is 2. The lowest BCUT2D eigenvalue weighted by Crippen LogP contribution is -2.15. The normalized spacial score (nSPS) is 11.5. The number of hydrogen-bond acceptors (Lipinski definition) is 11. The van der Waals surface area contributed by atoms with E-state index in [1.807, 2.05) is 19.2 Å². The Morgan fingerprint density at radius 3 is 1.88 bits per heavy atom. The van der Waals surface area contributed by atoms with Gasteiger partial charge in [0.1, 0.15) is 17.7 Å². The fraction of sp³-hybridized carbons (Fsp3) is 0.438. The van der Waals surface area contributed by atoms with Gasteiger partial charge in [-0.25, -0.2) is 9.97 Å². The van der Waals surface area contributed by atoms with E-state index in [1.54, 1.807) is 23.5 Å². The minimum atomic E-state index is -0.185. The average Bonchev–Trinajstić information content (AvgIpc) is 2.95. The number of Topliss-reactive ketones (excluding diaryl/α,β-unsaturated/α-hetero) is 1. The molecule has 9 nitrogen and oxygen atoms in total. The van der Waals surface area contributed by atoms with Gasteiger partial charge in [-0.15, -0.1) is 23.5 Å². The van der Waals surface area contributed by atoms with Crippen molar-refractivity contribution in [3.8, 4) is 0 Å². The minimum Gasteiger partial charge on any atom is -0.398 e. The molecule has 0 unspecified atom stereocenters. The number of carbonyl (C=O) groups excluding carboxylic acids is 2. The summed E-state index contributed by atoms with van der Waals surface area (Å²) in [5.41, 5.74) is 29.7. The molecule has 1 aromatic heterocycles. The van der Waals surface area contributed by atoms with E-state index in [2.05, 4.69) is 69.0 Å². The third-order valence-electron chi connectivity index (χ3n) is 6.49. The molecule has 0 saturated heterocycles. The van der Waals surface area contributed by atoms with E-state index in [0.29, 0.717) is 30.8 Å². The predicted molar refractivity (Wildman–Crippen MR) is 184 cm³/mol. The lowest BCUT2D eigenvalue weighted by atomic mass is 9.85. The molecule has 234 valence electrons. The summed E-state index contributed by atoms with van der Waals surface area (Å²) in [7, 11) is 1.92. The lowest BCUT2D eigenvalue weighted by Gasteiger charge is -2.22. The number of nitrogens with two attached hydrogens (primary N) is 4. The lowest BCUT2D eigenvalue weighted by molar-refractivity contribution is 0.0987. The second-order valence-electron chi connectivity index (χ2n) is 12.1. The van der Waals surface area contributed by atoms with Gasteiger partial charge in [0.25, 0.3) is 0 Å². The van der Waals surface area contributed by atoms with E-state index in [1.165, 1.54) is 18.0 Å². The molecule has 0 aliphatic rings.